The number of carbonyl (C=O) groups is 1. The Morgan fingerprint density at radius 3 is 2.32 bits per heavy atom. The lowest BCUT2D eigenvalue weighted by molar-refractivity contribution is -0.130. The first-order chi connectivity index (χ1) is 16.6. The number of piperazine rings is 1. The van der Waals surface area contributed by atoms with Crippen LogP contribution in [0.1, 0.15) is 11.1 Å². The fourth-order valence-electron chi connectivity index (χ4n) is 4.66. The number of ether oxygens (including phenoxy) is 1. The van der Waals surface area contributed by atoms with Crippen molar-refractivity contribution < 1.29 is 13.9 Å². The smallest absolute Gasteiger partial charge is 0.227 e. The Morgan fingerprint density at radius 1 is 0.912 bits per heavy atom. The number of benzene rings is 3. The molecule has 3 aromatic carbocycles. The van der Waals surface area contributed by atoms with Gasteiger partial charge in [-0.25, -0.2) is 4.39 Å². The highest BCUT2D eigenvalue weighted by Crippen LogP contribution is 2.25. The van der Waals surface area contributed by atoms with E-state index in [1.807, 2.05) is 29.2 Å². The van der Waals surface area contributed by atoms with Gasteiger partial charge in [0.05, 0.1) is 13.5 Å². The maximum Gasteiger partial charge on any atom is 0.227 e. The summed E-state index contributed by atoms with van der Waals surface area (Å²) in [6, 6.07) is 22.8. The zero-order valence-corrected chi connectivity index (χ0v) is 19.3. The molecule has 6 heteroatoms. The largest absolute Gasteiger partial charge is 0.497 e. The standard InChI is InChI=1S/C28H28FN3O2/c1-34-25-12-10-24(11-13-25)30-14-16-31(17-15-30)28(33)18-22-20-32(27-5-3-2-4-26(22)27)19-21-6-8-23(29)9-7-21/h2-13,20H,14-19H2,1H3. The van der Waals surface area contributed by atoms with E-state index in [0.29, 0.717) is 26.1 Å². The Morgan fingerprint density at radius 2 is 1.62 bits per heavy atom. The summed E-state index contributed by atoms with van der Waals surface area (Å²) in [6.07, 6.45) is 2.44. The van der Waals surface area contributed by atoms with Crippen LogP contribution in [0.25, 0.3) is 10.9 Å². The fraction of sp³-hybridized carbons (Fsp3) is 0.250. The SMILES string of the molecule is COc1ccc(N2CCN(C(=O)Cc3cn(Cc4ccc(F)cc4)c4ccccc34)CC2)cc1. The van der Waals surface area contributed by atoms with Gasteiger partial charge in [0.15, 0.2) is 0 Å². The highest BCUT2D eigenvalue weighted by Gasteiger charge is 2.22. The van der Waals surface area contributed by atoms with E-state index in [9.17, 15) is 9.18 Å². The van der Waals surface area contributed by atoms with Crippen molar-refractivity contribution in [1.29, 1.82) is 0 Å². The van der Waals surface area contributed by atoms with Crippen molar-refractivity contribution in [2.45, 2.75) is 13.0 Å². The molecule has 0 radical (unpaired) electrons. The second-order valence-electron chi connectivity index (χ2n) is 8.67. The first-order valence-corrected chi connectivity index (χ1v) is 11.6. The van der Waals surface area contributed by atoms with Gasteiger partial charge in [-0.2, -0.15) is 0 Å². The summed E-state index contributed by atoms with van der Waals surface area (Å²) in [6.45, 7) is 3.67. The normalized spacial score (nSPS) is 13.9. The molecule has 4 aromatic rings. The van der Waals surface area contributed by atoms with Gasteiger partial charge in [0, 0.05) is 55.5 Å². The van der Waals surface area contributed by atoms with Gasteiger partial charge in [-0.05, 0) is 53.6 Å². The van der Waals surface area contributed by atoms with E-state index in [2.05, 4.69) is 39.9 Å². The quantitative estimate of drug-likeness (QED) is 0.420. The highest BCUT2D eigenvalue weighted by molar-refractivity contribution is 5.89. The number of methoxy groups -OCH3 is 1. The monoisotopic (exact) mass is 457 g/mol. The number of fused-ring (bicyclic) bond motifs is 1. The molecular weight excluding hydrogens is 429 g/mol. The van der Waals surface area contributed by atoms with E-state index in [1.54, 1.807) is 19.2 Å². The number of anilines is 1. The van der Waals surface area contributed by atoms with Crippen LogP contribution in [0.3, 0.4) is 0 Å². The van der Waals surface area contributed by atoms with Gasteiger partial charge in [0.1, 0.15) is 11.6 Å². The molecule has 0 aliphatic carbocycles. The van der Waals surface area contributed by atoms with Crippen molar-refractivity contribution in [1.82, 2.24) is 9.47 Å². The highest BCUT2D eigenvalue weighted by atomic mass is 19.1. The second kappa shape index (κ2) is 9.59. The molecule has 0 bridgehead atoms. The van der Waals surface area contributed by atoms with Crippen molar-refractivity contribution >= 4 is 22.5 Å². The van der Waals surface area contributed by atoms with Crippen LogP contribution in [0.2, 0.25) is 0 Å². The van der Waals surface area contributed by atoms with Gasteiger partial charge < -0.3 is 19.1 Å². The predicted molar refractivity (Wildman–Crippen MR) is 133 cm³/mol. The summed E-state index contributed by atoms with van der Waals surface area (Å²) < 4.78 is 20.7. The summed E-state index contributed by atoms with van der Waals surface area (Å²) in [5.74, 6) is 0.759. The van der Waals surface area contributed by atoms with E-state index >= 15 is 0 Å². The van der Waals surface area contributed by atoms with E-state index in [4.69, 9.17) is 4.74 Å². The number of hydrogen-bond acceptors (Lipinski definition) is 3. The average molecular weight is 458 g/mol. The molecule has 174 valence electrons. The molecule has 5 nitrogen and oxygen atoms in total. The number of nitrogens with zero attached hydrogens (tertiary/aromatic N) is 3. The average Bonchev–Trinajstić information content (AvgIpc) is 3.22. The number of aromatic nitrogens is 1. The zero-order valence-electron chi connectivity index (χ0n) is 19.3. The zero-order chi connectivity index (χ0) is 23.5. The van der Waals surface area contributed by atoms with Crippen molar-refractivity contribution in [3.05, 3.63) is 95.9 Å². The summed E-state index contributed by atoms with van der Waals surface area (Å²) in [5, 5.41) is 1.09. The van der Waals surface area contributed by atoms with Gasteiger partial charge >= 0.3 is 0 Å². The molecule has 0 saturated carbocycles. The predicted octanol–water partition coefficient (Wildman–Crippen LogP) is 4.73. The number of carbonyl (C=O) groups excluding carboxylic acids is 1. The van der Waals surface area contributed by atoms with Crippen molar-refractivity contribution in [3.63, 3.8) is 0 Å². The number of halogens is 1. The lowest BCUT2D eigenvalue weighted by Gasteiger charge is -2.36. The van der Waals surface area contributed by atoms with Crippen LogP contribution < -0.4 is 9.64 Å². The molecule has 34 heavy (non-hydrogen) atoms. The molecule has 1 fully saturated rings. The number of rotatable bonds is 6. The van der Waals surface area contributed by atoms with Crippen LogP contribution >= 0.6 is 0 Å². The van der Waals surface area contributed by atoms with Crippen LogP contribution in [-0.2, 0) is 17.8 Å². The van der Waals surface area contributed by atoms with E-state index in [-0.39, 0.29) is 11.7 Å². The summed E-state index contributed by atoms with van der Waals surface area (Å²) in [4.78, 5) is 17.5. The molecule has 5 rings (SSSR count). The lowest BCUT2D eigenvalue weighted by atomic mass is 10.1. The minimum atomic E-state index is -0.237. The molecule has 1 aliphatic heterocycles. The van der Waals surface area contributed by atoms with E-state index in [0.717, 1.165) is 46.6 Å². The van der Waals surface area contributed by atoms with Crippen LogP contribution in [-0.4, -0.2) is 48.7 Å². The Hall–Kier alpha value is -3.80. The number of hydrogen-bond donors (Lipinski definition) is 0. The molecule has 1 aliphatic rings. The molecule has 1 saturated heterocycles. The topological polar surface area (TPSA) is 37.7 Å². The lowest BCUT2D eigenvalue weighted by Crippen LogP contribution is -2.49. The minimum absolute atomic E-state index is 0.152. The summed E-state index contributed by atoms with van der Waals surface area (Å²) in [7, 11) is 1.67. The molecular formula is C28H28FN3O2. The number of para-hydroxylation sites is 1. The van der Waals surface area contributed by atoms with Gasteiger partial charge in [-0.1, -0.05) is 30.3 Å². The number of amides is 1. The summed E-state index contributed by atoms with van der Waals surface area (Å²) in [5.41, 5.74) is 4.28. The van der Waals surface area contributed by atoms with Crippen LogP contribution in [0.15, 0.2) is 79.0 Å². The molecule has 2 heterocycles. The maximum absolute atomic E-state index is 13.3. The summed E-state index contributed by atoms with van der Waals surface area (Å²) >= 11 is 0. The molecule has 0 unspecified atom stereocenters. The van der Waals surface area contributed by atoms with Crippen molar-refractivity contribution in [3.8, 4) is 5.75 Å². The maximum atomic E-state index is 13.3. The van der Waals surface area contributed by atoms with E-state index in [1.165, 1.54) is 12.1 Å². The van der Waals surface area contributed by atoms with E-state index < -0.39 is 0 Å². The van der Waals surface area contributed by atoms with Gasteiger partial charge in [-0.3, -0.25) is 4.79 Å². The molecule has 0 N–H and O–H groups in total. The van der Waals surface area contributed by atoms with Crippen molar-refractivity contribution in [2.24, 2.45) is 0 Å². The Labute approximate surface area is 199 Å². The first kappa shape index (κ1) is 22.0. The third-order valence-electron chi connectivity index (χ3n) is 6.55. The molecule has 1 amide bonds. The van der Waals surface area contributed by atoms with Crippen LogP contribution in [0.5, 0.6) is 5.75 Å². The van der Waals surface area contributed by atoms with Crippen LogP contribution in [0, 0.1) is 5.82 Å². The Bertz CT molecular complexity index is 1270. The van der Waals surface area contributed by atoms with Gasteiger partial charge in [-0.15, -0.1) is 0 Å². The molecule has 0 spiro atoms. The van der Waals surface area contributed by atoms with Crippen LogP contribution in [0.4, 0.5) is 10.1 Å². The third-order valence-corrected chi connectivity index (χ3v) is 6.55. The Kier molecular flexibility index (Phi) is 6.21. The van der Waals surface area contributed by atoms with Gasteiger partial charge in [0.25, 0.3) is 0 Å². The first-order valence-electron chi connectivity index (χ1n) is 11.6. The fourth-order valence-corrected chi connectivity index (χ4v) is 4.66. The molecule has 1 aromatic heterocycles. The van der Waals surface area contributed by atoms with Gasteiger partial charge in [0.2, 0.25) is 5.91 Å². The second-order valence-corrected chi connectivity index (χ2v) is 8.67. The van der Waals surface area contributed by atoms with Crippen molar-refractivity contribution in [2.75, 3.05) is 38.2 Å². The minimum Gasteiger partial charge on any atom is -0.497 e. The Balaban J connectivity index is 1.27. The molecule has 0 atom stereocenters. The third kappa shape index (κ3) is 4.62.